The molecular weight excluding hydrogens is 506 g/mol. The minimum Gasteiger partial charge on any atom is -0.457 e. The van der Waals surface area contributed by atoms with E-state index in [2.05, 4.69) is 85.5 Å². The number of benzene rings is 4. The number of aromatic nitrogens is 5. The van der Waals surface area contributed by atoms with E-state index in [-0.39, 0.29) is 0 Å². The molecule has 0 saturated carbocycles. The second-order valence-corrected chi connectivity index (χ2v) is 10.2. The van der Waals surface area contributed by atoms with E-state index in [4.69, 9.17) is 9.72 Å². The molecule has 192 valence electrons. The molecule has 5 aromatic heterocycles. The van der Waals surface area contributed by atoms with E-state index in [9.17, 15) is 0 Å². The largest absolute Gasteiger partial charge is 0.457 e. The highest BCUT2D eigenvalue weighted by atomic mass is 16.5. The number of imidazole rings is 2. The predicted octanol–water partition coefficient (Wildman–Crippen LogP) is 8.45. The van der Waals surface area contributed by atoms with Crippen molar-refractivity contribution < 1.29 is 4.74 Å². The van der Waals surface area contributed by atoms with Crippen LogP contribution in [0.2, 0.25) is 0 Å². The van der Waals surface area contributed by atoms with Gasteiger partial charge in [0.1, 0.15) is 22.8 Å². The normalized spacial score (nSPS) is 11.9. The molecule has 0 aliphatic rings. The van der Waals surface area contributed by atoms with Gasteiger partial charge in [-0.15, -0.1) is 0 Å². The van der Waals surface area contributed by atoms with Crippen LogP contribution in [0.3, 0.4) is 0 Å². The minimum absolute atomic E-state index is 0.747. The molecule has 0 bridgehead atoms. The summed E-state index contributed by atoms with van der Waals surface area (Å²) in [6, 6.07) is 31.4. The summed E-state index contributed by atoms with van der Waals surface area (Å²) in [7, 11) is 0. The molecule has 0 unspecified atom stereocenters. The van der Waals surface area contributed by atoms with Crippen molar-refractivity contribution >= 4 is 54.6 Å². The molecule has 0 aliphatic heterocycles. The summed E-state index contributed by atoms with van der Waals surface area (Å²) in [4.78, 5) is 13.8. The van der Waals surface area contributed by atoms with Crippen molar-refractivity contribution in [3.63, 3.8) is 0 Å². The topological polar surface area (TPSA) is 56.7 Å². The van der Waals surface area contributed by atoms with Gasteiger partial charge in [0.2, 0.25) is 0 Å². The van der Waals surface area contributed by atoms with E-state index in [1.54, 1.807) is 0 Å². The molecule has 0 atom stereocenters. The molecule has 6 heteroatoms. The highest BCUT2D eigenvalue weighted by molar-refractivity contribution is 6.15. The lowest BCUT2D eigenvalue weighted by Crippen LogP contribution is -1.94. The van der Waals surface area contributed by atoms with Gasteiger partial charge in [0, 0.05) is 64.3 Å². The van der Waals surface area contributed by atoms with E-state index in [0.29, 0.717) is 0 Å². The van der Waals surface area contributed by atoms with Crippen molar-refractivity contribution in [3.05, 3.63) is 128 Å². The third-order valence-electron chi connectivity index (χ3n) is 7.98. The number of pyridine rings is 3. The minimum atomic E-state index is 0.747. The molecule has 4 aromatic carbocycles. The average molecular weight is 528 g/mol. The van der Waals surface area contributed by atoms with Gasteiger partial charge < -0.3 is 4.74 Å². The van der Waals surface area contributed by atoms with Gasteiger partial charge in [0.25, 0.3) is 0 Å². The van der Waals surface area contributed by atoms with E-state index >= 15 is 0 Å². The summed E-state index contributed by atoms with van der Waals surface area (Å²) in [6.07, 6.45) is 11.4. The molecule has 0 amide bonds. The van der Waals surface area contributed by atoms with Crippen LogP contribution < -0.4 is 4.74 Å². The number of fused-ring (bicyclic) bond motifs is 12. The van der Waals surface area contributed by atoms with Crippen molar-refractivity contribution in [2.75, 3.05) is 0 Å². The quantitative estimate of drug-likeness (QED) is 0.216. The lowest BCUT2D eigenvalue weighted by atomic mass is 9.98. The first-order valence-corrected chi connectivity index (χ1v) is 13.5. The maximum Gasteiger partial charge on any atom is 0.145 e. The Morgan fingerprint density at radius 1 is 0.537 bits per heavy atom. The van der Waals surface area contributed by atoms with Gasteiger partial charge in [0.15, 0.2) is 0 Å². The fraction of sp³-hybridized carbons (Fsp3) is 0. The first-order chi connectivity index (χ1) is 20.3. The number of hydrogen-bond acceptors (Lipinski definition) is 4. The highest BCUT2D eigenvalue weighted by Crippen LogP contribution is 2.38. The standard InChI is InChI=1S/C35H21N5O/c1-2-5-22(6-3-1)25-7-4-8-28-26-11-9-23(19-29(26)35-38-16-18-40(35)33(25)28)41-24-10-12-27-30(20-24)34-37-15-17-39(34)32-13-14-36-21-31(27)32/h1-21H. The smallest absolute Gasteiger partial charge is 0.145 e. The molecule has 41 heavy (non-hydrogen) atoms. The summed E-state index contributed by atoms with van der Waals surface area (Å²) in [5, 5.41) is 6.54. The van der Waals surface area contributed by atoms with E-state index in [1.807, 2.05) is 61.4 Å². The van der Waals surface area contributed by atoms with Crippen molar-refractivity contribution in [2.45, 2.75) is 0 Å². The third kappa shape index (κ3) is 3.22. The van der Waals surface area contributed by atoms with Crippen LogP contribution in [0.1, 0.15) is 0 Å². The third-order valence-corrected chi connectivity index (χ3v) is 7.98. The Balaban J connectivity index is 1.21. The molecule has 0 spiro atoms. The van der Waals surface area contributed by atoms with E-state index in [1.165, 1.54) is 16.5 Å². The predicted molar refractivity (Wildman–Crippen MR) is 164 cm³/mol. The zero-order valence-corrected chi connectivity index (χ0v) is 21.8. The van der Waals surface area contributed by atoms with Crippen LogP contribution in [-0.4, -0.2) is 23.8 Å². The van der Waals surface area contributed by atoms with Crippen LogP contribution in [0.25, 0.3) is 65.8 Å². The van der Waals surface area contributed by atoms with Crippen molar-refractivity contribution in [1.82, 2.24) is 23.8 Å². The molecular formula is C35H21N5O. The zero-order chi connectivity index (χ0) is 26.9. The molecule has 9 aromatic rings. The van der Waals surface area contributed by atoms with Gasteiger partial charge in [-0.2, -0.15) is 0 Å². The van der Waals surface area contributed by atoms with Gasteiger partial charge in [-0.1, -0.05) is 48.5 Å². The van der Waals surface area contributed by atoms with E-state index in [0.717, 1.165) is 60.8 Å². The second kappa shape index (κ2) is 8.37. The van der Waals surface area contributed by atoms with Gasteiger partial charge >= 0.3 is 0 Å². The molecule has 0 saturated heterocycles. The Morgan fingerprint density at radius 2 is 1.24 bits per heavy atom. The second-order valence-electron chi connectivity index (χ2n) is 10.2. The Labute approximate surface area is 233 Å². The number of ether oxygens (including phenoxy) is 1. The molecule has 0 aliphatic carbocycles. The SMILES string of the molecule is c1ccc(-c2cccc3c4ccc(Oc5ccc6c7cnccc7n7ccnc7c6c5)cc4c4nccn4c23)cc1. The fourth-order valence-corrected chi connectivity index (χ4v) is 6.21. The summed E-state index contributed by atoms with van der Waals surface area (Å²) >= 11 is 0. The maximum absolute atomic E-state index is 6.47. The summed E-state index contributed by atoms with van der Waals surface area (Å²) in [5.41, 5.74) is 6.37. The zero-order valence-electron chi connectivity index (χ0n) is 21.8. The van der Waals surface area contributed by atoms with Crippen molar-refractivity contribution in [3.8, 4) is 22.6 Å². The number of hydrogen-bond donors (Lipinski definition) is 0. The Morgan fingerprint density at radius 3 is 2.02 bits per heavy atom. The summed E-state index contributed by atoms with van der Waals surface area (Å²) in [5.74, 6) is 1.50. The molecule has 5 heterocycles. The molecule has 6 nitrogen and oxygen atoms in total. The number of nitrogens with zero attached hydrogens (tertiary/aromatic N) is 5. The lowest BCUT2D eigenvalue weighted by molar-refractivity contribution is 0.484. The Kier molecular flexibility index (Phi) is 4.51. The van der Waals surface area contributed by atoms with Gasteiger partial charge in [-0.05, 0) is 58.8 Å². The summed E-state index contributed by atoms with van der Waals surface area (Å²) in [6.45, 7) is 0. The molecule has 0 N–H and O–H groups in total. The lowest BCUT2D eigenvalue weighted by Gasteiger charge is -2.14. The fourth-order valence-electron chi connectivity index (χ4n) is 6.21. The maximum atomic E-state index is 6.47. The van der Waals surface area contributed by atoms with Crippen molar-refractivity contribution in [1.29, 1.82) is 0 Å². The van der Waals surface area contributed by atoms with Gasteiger partial charge in [-0.3, -0.25) is 13.8 Å². The first-order valence-electron chi connectivity index (χ1n) is 13.5. The summed E-state index contributed by atoms with van der Waals surface area (Å²) < 4.78 is 10.8. The molecule has 0 radical (unpaired) electrons. The average Bonchev–Trinajstić information content (AvgIpc) is 3.73. The van der Waals surface area contributed by atoms with Gasteiger partial charge in [-0.25, -0.2) is 9.97 Å². The van der Waals surface area contributed by atoms with Crippen LogP contribution in [0.5, 0.6) is 11.5 Å². The van der Waals surface area contributed by atoms with Crippen LogP contribution >= 0.6 is 0 Å². The number of rotatable bonds is 3. The monoisotopic (exact) mass is 527 g/mol. The first kappa shape index (κ1) is 22.1. The molecule has 9 rings (SSSR count). The van der Waals surface area contributed by atoms with Gasteiger partial charge in [0.05, 0.1) is 11.0 Å². The Hall–Kier alpha value is -5.75. The highest BCUT2D eigenvalue weighted by Gasteiger charge is 2.15. The van der Waals surface area contributed by atoms with Crippen molar-refractivity contribution in [2.24, 2.45) is 0 Å². The van der Waals surface area contributed by atoms with Crippen LogP contribution in [0, 0.1) is 0 Å². The van der Waals surface area contributed by atoms with Crippen LogP contribution in [-0.2, 0) is 0 Å². The van der Waals surface area contributed by atoms with Crippen LogP contribution in [0.4, 0.5) is 0 Å². The molecule has 0 fully saturated rings. The van der Waals surface area contributed by atoms with Crippen LogP contribution in [0.15, 0.2) is 128 Å². The Bertz CT molecular complexity index is 2460. The van der Waals surface area contributed by atoms with E-state index < -0.39 is 0 Å². The number of para-hydroxylation sites is 1.